The first-order valence-electron chi connectivity index (χ1n) is 9.07. The molecule has 1 aliphatic heterocycles. The van der Waals surface area contributed by atoms with Crippen LogP contribution in [0.25, 0.3) is 22.3 Å². The number of rotatable bonds is 4. The van der Waals surface area contributed by atoms with E-state index in [1.54, 1.807) is 0 Å². The maximum Gasteiger partial charge on any atom is 0.402 e. The molecule has 1 aromatic heterocycles. The number of benzene rings is 2. The molecule has 0 radical (unpaired) electrons. The Kier molecular flexibility index (Phi) is 5.11. The van der Waals surface area contributed by atoms with Crippen molar-refractivity contribution >= 4 is 11.0 Å². The van der Waals surface area contributed by atoms with Gasteiger partial charge in [-0.3, -0.25) is 0 Å². The van der Waals surface area contributed by atoms with E-state index in [9.17, 15) is 40.9 Å². The second-order valence-electron chi connectivity index (χ2n) is 7.00. The molecule has 0 spiro atoms. The molecule has 11 nitrogen and oxygen atoms in total. The molecule has 1 saturated heterocycles. The highest BCUT2D eigenvalue weighted by atomic mass is 16.7. The molecule has 0 unspecified atom stereocenters. The molecule has 8 N–H and O–H groups in total. The lowest BCUT2D eigenvalue weighted by atomic mass is 10.1. The Labute approximate surface area is 173 Å². The molecule has 1 fully saturated rings. The second-order valence-corrected chi connectivity index (χ2v) is 7.00. The first kappa shape index (κ1) is 20.8. The van der Waals surface area contributed by atoms with Crippen LogP contribution >= 0.6 is 0 Å². The van der Waals surface area contributed by atoms with Gasteiger partial charge < -0.3 is 50.3 Å². The van der Waals surface area contributed by atoms with Crippen LogP contribution in [-0.4, -0.2) is 72.1 Å². The number of phenols is 5. The van der Waals surface area contributed by atoms with Gasteiger partial charge in [-0.25, -0.2) is 4.42 Å². The average Bonchev–Trinajstić information content (AvgIpc) is 2.99. The molecule has 4 atom stereocenters. The molecule has 11 heteroatoms. The number of fused-ring (bicyclic) bond motifs is 1. The zero-order chi connectivity index (χ0) is 22.4. The highest BCUT2D eigenvalue weighted by Gasteiger charge is 2.45. The summed E-state index contributed by atoms with van der Waals surface area (Å²) in [7, 11) is 0. The summed E-state index contributed by atoms with van der Waals surface area (Å²) in [6.07, 6.45) is -5.50. The highest BCUT2D eigenvalue weighted by molar-refractivity contribution is 5.88. The minimum atomic E-state index is -1.53. The van der Waals surface area contributed by atoms with Crippen LogP contribution in [0.4, 0.5) is 0 Å². The summed E-state index contributed by atoms with van der Waals surface area (Å²) in [5.41, 5.74) is 0.0346. The predicted octanol–water partition coefficient (Wildman–Crippen LogP) is 0.727. The van der Waals surface area contributed by atoms with Crippen molar-refractivity contribution in [3.63, 3.8) is 0 Å². The van der Waals surface area contributed by atoms with Gasteiger partial charge in [0.2, 0.25) is 12.0 Å². The van der Waals surface area contributed by atoms with Gasteiger partial charge in [0.15, 0.2) is 17.2 Å². The standard InChI is InChI=1S/C20H18O11/c21-6-15-17(27)18(28)20(31-15)30-14-5-9-10(23)3-8(22)4-13(9)29-19(14)7-1-11(24)16(26)12(25)2-7/h1-5,15,17-18,20-21,27-28H,6H2,(H4-,22,23,24,25,26)/p+1/t15-,17-,18+,20-/m1/s1. The van der Waals surface area contributed by atoms with Gasteiger partial charge in [-0.1, -0.05) is 0 Å². The molecule has 31 heavy (non-hydrogen) atoms. The Morgan fingerprint density at radius 1 is 0.871 bits per heavy atom. The van der Waals surface area contributed by atoms with Gasteiger partial charge in [0.25, 0.3) is 0 Å². The molecular weight excluding hydrogens is 416 g/mol. The molecule has 3 aromatic rings. The van der Waals surface area contributed by atoms with Crippen LogP contribution in [-0.2, 0) is 4.74 Å². The molecule has 0 aliphatic carbocycles. The van der Waals surface area contributed by atoms with Crippen LogP contribution in [0.5, 0.6) is 34.5 Å². The topological polar surface area (TPSA) is 192 Å². The summed E-state index contributed by atoms with van der Waals surface area (Å²) in [5.74, 6) is -3.02. The second kappa shape index (κ2) is 7.63. The van der Waals surface area contributed by atoms with Gasteiger partial charge in [0.1, 0.15) is 35.2 Å². The number of hydrogen-bond donors (Lipinski definition) is 8. The maximum absolute atomic E-state index is 10.2. The quantitative estimate of drug-likeness (QED) is 0.213. The van der Waals surface area contributed by atoms with Crippen molar-refractivity contribution in [1.29, 1.82) is 0 Å². The highest BCUT2D eigenvalue weighted by Crippen LogP contribution is 2.44. The van der Waals surface area contributed by atoms with Crippen molar-refractivity contribution in [3.05, 3.63) is 30.3 Å². The van der Waals surface area contributed by atoms with E-state index in [1.807, 2.05) is 0 Å². The van der Waals surface area contributed by atoms with E-state index >= 15 is 0 Å². The minimum Gasteiger partial charge on any atom is -0.507 e. The maximum atomic E-state index is 10.2. The molecule has 2 heterocycles. The van der Waals surface area contributed by atoms with Crippen molar-refractivity contribution in [2.45, 2.75) is 24.6 Å². The molecular formula is C20H19O11+. The van der Waals surface area contributed by atoms with E-state index in [0.717, 1.165) is 18.2 Å². The third-order valence-corrected chi connectivity index (χ3v) is 4.89. The zero-order valence-electron chi connectivity index (χ0n) is 15.7. The number of aromatic hydroxyl groups is 5. The summed E-state index contributed by atoms with van der Waals surface area (Å²) < 4.78 is 16.7. The lowest BCUT2D eigenvalue weighted by Gasteiger charge is -2.16. The van der Waals surface area contributed by atoms with E-state index in [0.29, 0.717) is 0 Å². The summed E-state index contributed by atoms with van der Waals surface area (Å²) >= 11 is 0. The van der Waals surface area contributed by atoms with Gasteiger partial charge in [-0.05, 0) is 0 Å². The fourth-order valence-electron chi connectivity index (χ4n) is 3.30. The zero-order valence-corrected chi connectivity index (χ0v) is 15.7. The summed E-state index contributed by atoms with van der Waals surface area (Å²) in [5, 5.41) is 78.7. The third-order valence-electron chi connectivity index (χ3n) is 4.89. The number of aliphatic hydroxyl groups excluding tert-OH is 3. The third kappa shape index (κ3) is 3.59. The fourth-order valence-corrected chi connectivity index (χ4v) is 3.30. The summed E-state index contributed by atoms with van der Waals surface area (Å²) in [6.45, 7) is -0.577. The Morgan fingerprint density at radius 3 is 2.16 bits per heavy atom. The van der Waals surface area contributed by atoms with Gasteiger partial charge in [0, 0.05) is 24.3 Å². The fraction of sp³-hybridized carbons (Fsp3) is 0.250. The van der Waals surface area contributed by atoms with Crippen LogP contribution in [0, 0.1) is 0 Å². The number of phenolic OH excluding ortho intramolecular Hbond substituents is 5. The van der Waals surface area contributed by atoms with Crippen LogP contribution in [0.3, 0.4) is 0 Å². The monoisotopic (exact) mass is 435 g/mol. The van der Waals surface area contributed by atoms with Gasteiger partial charge in [-0.15, -0.1) is 0 Å². The summed E-state index contributed by atoms with van der Waals surface area (Å²) in [6, 6.07) is 5.68. The largest absolute Gasteiger partial charge is 0.507 e. The number of aliphatic hydroxyl groups is 3. The first-order chi connectivity index (χ1) is 14.7. The molecule has 2 aromatic carbocycles. The smallest absolute Gasteiger partial charge is 0.402 e. The van der Waals surface area contributed by atoms with Crippen molar-refractivity contribution in [2.75, 3.05) is 6.61 Å². The molecule has 0 amide bonds. The lowest BCUT2D eigenvalue weighted by Crippen LogP contribution is -2.35. The molecule has 0 bridgehead atoms. The van der Waals surface area contributed by atoms with Crippen LogP contribution in [0.1, 0.15) is 0 Å². The van der Waals surface area contributed by atoms with Crippen molar-refractivity contribution < 1.29 is 54.7 Å². The van der Waals surface area contributed by atoms with E-state index in [4.69, 9.17) is 13.9 Å². The van der Waals surface area contributed by atoms with Gasteiger partial charge in [-0.2, -0.15) is 0 Å². The number of hydrogen-bond acceptors (Lipinski definition) is 10. The molecule has 0 saturated carbocycles. The average molecular weight is 435 g/mol. The van der Waals surface area contributed by atoms with E-state index < -0.39 is 48.5 Å². The lowest BCUT2D eigenvalue weighted by molar-refractivity contribution is -0.116. The van der Waals surface area contributed by atoms with E-state index in [2.05, 4.69) is 0 Å². The molecule has 164 valence electrons. The normalized spacial score (nSPS) is 23.3. The Balaban J connectivity index is 1.87. The van der Waals surface area contributed by atoms with E-state index in [-0.39, 0.29) is 39.5 Å². The van der Waals surface area contributed by atoms with Crippen LogP contribution < -0.4 is 4.74 Å². The number of ether oxygens (including phenoxy) is 2. The van der Waals surface area contributed by atoms with Crippen molar-refractivity contribution in [3.8, 4) is 45.8 Å². The SMILES string of the molecule is OC[C@H]1O[C@@H](Oc2cc3c(O)cc(O)cc3[o+]c2-c2cc(O)c(O)c(O)c2)[C@@H](O)[C@@H]1O. The van der Waals surface area contributed by atoms with E-state index in [1.165, 1.54) is 12.1 Å². The predicted molar refractivity (Wildman–Crippen MR) is 103 cm³/mol. The minimum absolute atomic E-state index is 0.00747. The van der Waals surface area contributed by atoms with Crippen LogP contribution in [0.15, 0.2) is 34.7 Å². The van der Waals surface area contributed by atoms with Crippen molar-refractivity contribution in [2.24, 2.45) is 0 Å². The molecule has 4 rings (SSSR count). The Hall–Kier alpha value is -3.51. The van der Waals surface area contributed by atoms with Gasteiger partial charge >= 0.3 is 11.3 Å². The first-order valence-corrected chi connectivity index (χ1v) is 9.07. The summed E-state index contributed by atoms with van der Waals surface area (Å²) in [4.78, 5) is 0. The van der Waals surface area contributed by atoms with Gasteiger partial charge in [0.05, 0.1) is 18.2 Å². The molecule has 1 aliphatic rings. The Bertz CT molecular complexity index is 1120. The Morgan fingerprint density at radius 2 is 1.55 bits per heavy atom. The van der Waals surface area contributed by atoms with Crippen LogP contribution in [0.2, 0.25) is 0 Å². The van der Waals surface area contributed by atoms with Crippen molar-refractivity contribution in [1.82, 2.24) is 0 Å².